The molecule has 2 aliphatic rings. The first-order valence-electron chi connectivity index (χ1n) is 9.39. The van der Waals surface area contributed by atoms with Crippen molar-refractivity contribution in [1.82, 2.24) is 9.21 Å². The maximum atomic E-state index is 13.0. The van der Waals surface area contributed by atoms with Crippen LogP contribution >= 0.6 is 0 Å². The smallest absolute Gasteiger partial charge is 0.243 e. The molecule has 0 radical (unpaired) electrons. The first-order valence-corrected chi connectivity index (χ1v) is 10.8. The van der Waals surface area contributed by atoms with Crippen LogP contribution in [0.2, 0.25) is 0 Å². The Bertz CT molecular complexity index is 911. The number of aliphatic hydroxyl groups is 1. The van der Waals surface area contributed by atoms with Crippen molar-refractivity contribution >= 4 is 10.0 Å². The second-order valence-electron chi connectivity index (χ2n) is 6.94. The topological polar surface area (TPSA) is 79.3 Å². The molecular formula is C20H24N2O5S. The van der Waals surface area contributed by atoms with Gasteiger partial charge in [-0.25, -0.2) is 8.42 Å². The van der Waals surface area contributed by atoms with Gasteiger partial charge in [-0.1, -0.05) is 30.3 Å². The Morgan fingerprint density at radius 2 is 1.61 bits per heavy atom. The summed E-state index contributed by atoms with van der Waals surface area (Å²) in [5.41, 5.74) is 0.869. The Hall–Kier alpha value is -2.13. The molecule has 4 rings (SSSR count). The highest BCUT2D eigenvalue weighted by atomic mass is 32.2. The predicted octanol–water partition coefficient (Wildman–Crippen LogP) is 1.50. The molecule has 8 heteroatoms. The molecular weight excluding hydrogens is 380 g/mol. The molecule has 1 atom stereocenters. The van der Waals surface area contributed by atoms with Gasteiger partial charge >= 0.3 is 0 Å². The van der Waals surface area contributed by atoms with Gasteiger partial charge in [0.25, 0.3) is 0 Å². The van der Waals surface area contributed by atoms with E-state index in [4.69, 9.17) is 9.47 Å². The zero-order valence-corrected chi connectivity index (χ0v) is 16.3. The second-order valence-corrected chi connectivity index (χ2v) is 8.87. The number of β-amino-alcohol motifs (C(OH)–C–C–N with tert-alkyl or cyclic N) is 1. The van der Waals surface area contributed by atoms with Gasteiger partial charge < -0.3 is 14.6 Å². The maximum absolute atomic E-state index is 13.0. The van der Waals surface area contributed by atoms with Crippen molar-refractivity contribution in [2.75, 3.05) is 45.9 Å². The molecule has 1 saturated heterocycles. The molecule has 150 valence electrons. The van der Waals surface area contributed by atoms with Crippen LogP contribution in [-0.4, -0.2) is 68.7 Å². The third-order valence-electron chi connectivity index (χ3n) is 5.10. The van der Waals surface area contributed by atoms with Crippen LogP contribution in [0.3, 0.4) is 0 Å². The van der Waals surface area contributed by atoms with E-state index in [1.54, 1.807) is 12.1 Å². The lowest BCUT2D eigenvalue weighted by molar-refractivity contribution is 0.0921. The number of hydrogen-bond donors (Lipinski definition) is 1. The fraction of sp³-hybridized carbons (Fsp3) is 0.400. The van der Waals surface area contributed by atoms with Crippen LogP contribution in [-0.2, 0) is 10.0 Å². The van der Waals surface area contributed by atoms with Gasteiger partial charge in [-0.15, -0.1) is 0 Å². The Kier molecular flexibility index (Phi) is 5.54. The van der Waals surface area contributed by atoms with Crippen LogP contribution in [0.4, 0.5) is 0 Å². The highest BCUT2D eigenvalue weighted by Gasteiger charge is 2.30. The van der Waals surface area contributed by atoms with Gasteiger partial charge in [0, 0.05) is 38.8 Å². The number of ether oxygens (including phenoxy) is 2. The molecule has 0 amide bonds. The fourth-order valence-corrected chi connectivity index (χ4v) is 4.95. The van der Waals surface area contributed by atoms with Gasteiger partial charge in [-0.3, -0.25) is 4.90 Å². The summed E-state index contributed by atoms with van der Waals surface area (Å²) in [6.07, 6.45) is -0.581. The largest absolute Gasteiger partial charge is 0.486 e. The Morgan fingerprint density at radius 3 is 2.32 bits per heavy atom. The minimum absolute atomic E-state index is 0.217. The summed E-state index contributed by atoms with van der Waals surface area (Å²) in [6.45, 7) is 3.30. The van der Waals surface area contributed by atoms with E-state index in [1.165, 1.54) is 10.4 Å². The fourth-order valence-electron chi connectivity index (χ4n) is 3.51. The third-order valence-corrected chi connectivity index (χ3v) is 6.99. The van der Waals surface area contributed by atoms with Crippen molar-refractivity contribution < 1.29 is 23.0 Å². The van der Waals surface area contributed by atoms with Crippen LogP contribution < -0.4 is 9.47 Å². The molecule has 0 bridgehead atoms. The van der Waals surface area contributed by atoms with Crippen LogP contribution in [0.5, 0.6) is 11.5 Å². The van der Waals surface area contributed by atoms with E-state index in [0.29, 0.717) is 57.4 Å². The summed E-state index contributed by atoms with van der Waals surface area (Å²) >= 11 is 0. The first-order chi connectivity index (χ1) is 13.5. The number of aliphatic hydroxyl groups excluding tert-OH is 1. The molecule has 0 aromatic heterocycles. The summed E-state index contributed by atoms with van der Waals surface area (Å²) in [7, 11) is -3.59. The second kappa shape index (κ2) is 8.08. The standard InChI is InChI=1S/C20H24N2O5S/c23-18(16-4-2-1-3-5-16)15-21-8-10-22(11-9-21)28(24,25)17-6-7-19-20(14-17)27-13-12-26-19/h1-7,14,18,23H,8-13,15H2/t18-/m1/s1. The van der Waals surface area contributed by atoms with E-state index in [1.807, 2.05) is 30.3 Å². The molecule has 1 N–H and O–H groups in total. The Morgan fingerprint density at radius 1 is 0.929 bits per heavy atom. The van der Waals surface area contributed by atoms with E-state index in [-0.39, 0.29) is 4.90 Å². The highest BCUT2D eigenvalue weighted by Crippen LogP contribution is 2.33. The highest BCUT2D eigenvalue weighted by molar-refractivity contribution is 7.89. The lowest BCUT2D eigenvalue weighted by Crippen LogP contribution is -2.49. The number of piperazine rings is 1. The molecule has 0 saturated carbocycles. The van der Waals surface area contributed by atoms with Gasteiger partial charge in [0.15, 0.2) is 11.5 Å². The molecule has 0 aliphatic carbocycles. The van der Waals surface area contributed by atoms with Crippen molar-refractivity contribution in [2.24, 2.45) is 0 Å². The van der Waals surface area contributed by atoms with E-state index in [9.17, 15) is 13.5 Å². The van der Waals surface area contributed by atoms with Crippen LogP contribution in [0.1, 0.15) is 11.7 Å². The van der Waals surface area contributed by atoms with Gasteiger partial charge in [0.1, 0.15) is 13.2 Å². The summed E-state index contributed by atoms with van der Waals surface area (Å²) in [5.74, 6) is 1.04. The Labute approximate surface area is 165 Å². The maximum Gasteiger partial charge on any atom is 0.243 e. The third kappa shape index (κ3) is 4.00. The van der Waals surface area contributed by atoms with E-state index in [2.05, 4.69) is 4.90 Å². The zero-order chi connectivity index (χ0) is 19.6. The number of hydrogen-bond acceptors (Lipinski definition) is 6. The summed E-state index contributed by atoms with van der Waals surface area (Å²) in [6, 6.07) is 14.3. The van der Waals surface area contributed by atoms with E-state index >= 15 is 0 Å². The first kappa shape index (κ1) is 19.2. The van der Waals surface area contributed by atoms with Crippen molar-refractivity contribution in [3.63, 3.8) is 0 Å². The minimum atomic E-state index is -3.59. The normalized spacial score (nSPS) is 19.3. The number of sulfonamides is 1. The lowest BCUT2D eigenvalue weighted by atomic mass is 10.1. The van der Waals surface area contributed by atoms with Crippen molar-refractivity contribution in [3.05, 3.63) is 54.1 Å². The van der Waals surface area contributed by atoms with Gasteiger partial charge in [0.05, 0.1) is 11.0 Å². The molecule has 0 spiro atoms. The summed E-state index contributed by atoms with van der Waals surface area (Å²) < 4.78 is 38.4. The lowest BCUT2D eigenvalue weighted by Gasteiger charge is -2.35. The number of benzene rings is 2. The molecule has 2 aromatic carbocycles. The van der Waals surface area contributed by atoms with Crippen molar-refractivity contribution in [2.45, 2.75) is 11.0 Å². The van der Waals surface area contributed by atoms with E-state index in [0.717, 1.165) is 5.56 Å². The molecule has 28 heavy (non-hydrogen) atoms. The monoisotopic (exact) mass is 404 g/mol. The summed E-state index contributed by atoms with van der Waals surface area (Å²) in [5, 5.41) is 10.4. The molecule has 2 aromatic rings. The SMILES string of the molecule is O=S(=O)(c1ccc2c(c1)OCCO2)N1CCN(C[C@@H](O)c2ccccc2)CC1. The van der Waals surface area contributed by atoms with E-state index < -0.39 is 16.1 Å². The molecule has 1 fully saturated rings. The average molecular weight is 404 g/mol. The Balaban J connectivity index is 1.39. The minimum Gasteiger partial charge on any atom is -0.486 e. The molecule has 7 nitrogen and oxygen atoms in total. The van der Waals surface area contributed by atoms with Gasteiger partial charge in [-0.05, 0) is 17.7 Å². The quantitative estimate of drug-likeness (QED) is 0.814. The van der Waals surface area contributed by atoms with Crippen molar-refractivity contribution in [3.8, 4) is 11.5 Å². The van der Waals surface area contributed by atoms with Crippen LogP contribution in [0.25, 0.3) is 0 Å². The summed E-state index contributed by atoms with van der Waals surface area (Å²) in [4.78, 5) is 2.31. The predicted molar refractivity (Wildman–Crippen MR) is 104 cm³/mol. The van der Waals surface area contributed by atoms with Gasteiger partial charge in [0.2, 0.25) is 10.0 Å². The van der Waals surface area contributed by atoms with Crippen LogP contribution in [0, 0.1) is 0 Å². The molecule has 0 unspecified atom stereocenters. The van der Waals surface area contributed by atoms with Crippen LogP contribution in [0.15, 0.2) is 53.4 Å². The van der Waals surface area contributed by atoms with Crippen molar-refractivity contribution in [1.29, 1.82) is 0 Å². The number of rotatable bonds is 5. The molecule has 2 heterocycles. The molecule has 2 aliphatic heterocycles. The average Bonchev–Trinajstić information content (AvgIpc) is 2.74. The number of fused-ring (bicyclic) bond motifs is 1. The van der Waals surface area contributed by atoms with Gasteiger partial charge in [-0.2, -0.15) is 4.31 Å². The zero-order valence-electron chi connectivity index (χ0n) is 15.5. The number of nitrogens with zero attached hydrogens (tertiary/aromatic N) is 2.